The van der Waals surface area contributed by atoms with Crippen molar-refractivity contribution in [2.45, 2.75) is 13.5 Å². The third-order valence-corrected chi connectivity index (χ3v) is 6.25. The molecule has 1 saturated heterocycles. The maximum absolute atomic E-state index is 13.4. The molecule has 1 heterocycles. The number of aliphatic imine (C=N–C) groups is 1. The van der Waals surface area contributed by atoms with E-state index in [4.69, 9.17) is 14.6 Å². The predicted octanol–water partition coefficient (Wildman–Crippen LogP) is 5.74. The number of amides is 1. The lowest BCUT2D eigenvalue weighted by atomic mass is 10.1. The van der Waals surface area contributed by atoms with Crippen LogP contribution < -0.4 is 9.47 Å². The van der Waals surface area contributed by atoms with Gasteiger partial charge in [-0.1, -0.05) is 18.2 Å². The molecule has 9 heteroatoms. The Morgan fingerprint density at radius 2 is 1.86 bits per heavy atom. The Morgan fingerprint density at radius 3 is 2.56 bits per heavy atom. The van der Waals surface area contributed by atoms with Gasteiger partial charge in [-0.25, -0.2) is 14.2 Å². The Morgan fingerprint density at radius 1 is 1.08 bits per heavy atom. The van der Waals surface area contributed by atoms with Crippen molar-refractivity contribution in [2.24, 2.45) is 4.99 Å². The molecule has 0 atom stereocenters. The summed E-state index contributed by atoms with van der Waals surface area (Å²) in [5.74, 6) is -0.520. The van der Waals surface area contributed by atoms with Crippen molar-refractivity contribution in [1.29, 1.82) is 0 Å². The fourth-order valence-electron chi connectivity index (χ4n) is 3.38. The zero-order valence-electron chi connectivity index (χ0n) is 19.6. The minimum absolute atomic E-state index is 0.163. The highest BCUT2D eigenvalue weighted by molar-refractivity contribution is 8.18. The van der Waals surface area contributed by atoms with Gasteiger partial charge in [0.05, 0.1) is 22.8 Å². The van der Waals surface area contributed by atoms with Crippen LogP contribution in [0.5, 0.6) is 11.5 Å². The first kappa shape index (κ1) is 25.0. The lowest BCUT2D eigenvalue weighted by molar-refractivity contribution is -0.121. The van der Waals surface area contributed by atoms with Gasteiger partial charge in [-0.15, -0.1) is 0 Å². The normalized spacial score (nSPS) is 15.5. The number of hydrogen-bond donors (Lipinski definition) is 1. The molecule has 3 aromatic carbocycles. The Labute approximate surface area is 211 Å². The molecule has 0 saturated carbocycles. The van der Waals surface area contributed by atoms with Crippen LogP contribution in [0, 0.1) is 5.82 Å². The quantitative estimate of drug-likeness (QED) is 0.392. The van der Waals surface area contributed by atoms with E-state index in [9.17, 15) is 14.0 Å². The van der Waals surface area contributed by atoms with Gasteiger partial charge in [0.25, 0.3) is 5.91 Å². The maximum atomic E-state index is 13.4. The number of thioether (sulfide) groups is 1. The van der Waals surface area contributed by atoms with Crippen LogP contribution in [0.1, 0.15) is 28.4 Å². The first-order chi connectivity index (χ1) is 17.3. The number of likely N-dealkylation sites (N-methyl/N-ethyl adjacent to an activating group) is 1. The van der Waals surface area contributed by atoms with E-state index in [1.54, 1.807) is 49.5 Å². The van der Waals surface area contributed by atoms with Crippen LogP contribution in [0.4, 0.5) is 10.1 Å². The van der Waals surface area contributed by atoms with Crippen molar-refractivity contribution in [3.8, 4) is 11.5 Å². The van der Waals surface area contributed by atoms with Crippen LogP contribution >= 0.6 is 11.8 Å². The van der Waals surface area contributed by atoms with Crippen molar-refractivity contribution in [3.05, 3.63) is 94.1 Å². The summed E-state index contributed by atoms with van der Waals surface area (Å²) in [4.78, 5) is 30.3. The van der Waals surface area contributed by atoms with Gasteiger partial charge in [-0.3, -0.25) is 9.69 Å². The number of carboxylic acid groups (broad SMARTS) is 1. The number of carbonyl (C=O) groups excluding carboxylic acids is 1. The second kappa shape index (κ2) is 11.1. The van der Waals surface area contributed by atoms with E-state index in [2.05, 4.69) is 4.99 Å². The molecule has 0 unspecified atom stereocenters. The van der Waals surface area contributed by atoms with Crippen LogP contribution in [0.3, 0.4) is 0 Å². The molecule has 4 rings (SSSR count). The molecule has 3 aromatic rings. The van der Waals surface area contributed by atoms with Crippen molar-refractivity contribution < 1.29 is 28.6 Å². The zero-order valence-corrected chi connectivity index (χ0v) is 20.4. The molecule has 1 aliphatic rings. The molecule has 0 aliphatic carbocycles. The van der Waals surface area contributed by atoms with Gasteiger partial charge < -0.3 is 14.6 Å². The highest BCUT2D eigenvalue weighted by atomic mass is 32.2. The van der Waals surface area contributed by atoms with Gasteiger partial charge in [-0.2, -0.15) is 0 Å². The van der Waals surface area contributed by atoms with Gasteiger partial charge in [0.15, 0.2) is 16.7 Å². The van der Waals surface area contributed by atoms with Crippen molar-refractivity contribution >= 4 is 40.6 Å². The van der Waals surface area contributed by atoms with E-state index in [1.807, 2.05) is 13.0 Å². The molecule has 36 heavy (non-hydrogen) atoms. The molecular formula is C27H23FN2O5S. The lowest BCUT2D eigenvalue weighted by Gasteiger charge is -2.13. The Kier molecular flexibility index (Phi) is 7.70. The predicted molar refractivity (Wildman–Crippen MR) is 137 cm³/mol. The van der Waals surface area contributed by atoms with Crippen LogP contribution in [0.25, 0.3) is 6.08 Å². The number of carbonyl (C=O) groups is 2. The number of hydrogen-bond acceptors (Lipinski definition) is 6. The van der Waals surface area contributed by atoms with E-state index in [0.29, 0.717) is 39.4 Å². The summed E-state index contributed by atoms with van der Waals surface area (Å²) >= 11 is 1.22. The molecule has 0 spiro atoms. The third kappa shape index (κ3) is 5.92. The van der Waals surface area contributed by atoms with Crippen molar-refractivity contribution in [3.63, 3.8) is 0 Å². The summed E-state index contributed by atoms with van der Waals surface area (Å²) < 4.78 is 25.0. The van der Waals surface area contributed by atoms with Crippen molar-refractivity contribution in [2.75, 3.05) is 13.7 Å². The molecule has 1 fully saturated rings. The number of aromatic carboxylic acids is 1. The van der Waals surface area contributed by atoms with Crippen LogP contribution in [0.15, 0.2) is 76.6 Å². The van der Waals surface area contributed by atoms with Gasteiger partial charge >= 0.3 is 5.97 Å². The second-order valence-corrected chi connectivity index (χ2v) is 8.79. The molecule has 0 radical (unpaired) electrons. The standard InChI is InChI=1S/C27H23FN2O5S/c1-3-34-23-14-17(7-12-22(23)35-16-18-5-4-6-20(28)13-18)15-24-25(31)30(2)27(36-24)29-21-10-8-19(9-11-21)26(32)33/h4-15H,3,16H2,1-2H3,(H,32,33)/b24-15-,29-27?. The smallest absolute Gasteiger partial charge is 0.335 e. The molecule has 184 valence electrons. The molecule has 1 amide bonds. The Hall–Kier alpha value is -4.11. The van der Waals surface area contributed by atoms with Gasteiger partial charge in [-0.05, 0) is 84.4 Å². The number of benzene rings is 3. The number of amidine groups is 1. The summed E-state index contributed by atoms with van der Waals surface area (Å²) in [6.07, 6.45) is 1.75. The fraction of sp³-hybridized carbons (Fsp3) is 0.148. The molecular weight excluding hydrogens is 483 g/mol. The van der Waals surface area contributed by atoms with E-state index in [0.717, 1.165) is 5.56 Å². The van der Waals surface area contributed by atoms with Gasteiger partial charge in [0, 0.05) is 7.05 Å². The topological polar surface area (TPSA) is 88.4 Å². The monoisotopic (exact) mass is 506 g/mol. The molecule has 1 N–H and O–H groups in total. The van der Waals surface area contributed by atoms with E-state index < -0.39 is 5.97 Å². The van der Waals surface area contributed by atoms with E-state index >= 15 is 0 Å². The lowest BCUT2D eigenvalue weighted by Crippen LogP contribution is -2.23. The van der Waals surface area contributed by atoms with Gasteiger partial charge in [0.1, 0.15) is 12.4 Å². The molecule has 0 bridgehead atoms. The summed E-state index contributed by atoms with van der Waals surface area (Å²) in [6, 6.07) is 17.7. The zero-order chi connectivity index (χ0) is 25.7. The Balaban J connectivity index is 1.53. The van der Waals surface area contributed by atoms with Gasteiger partial charge in [0.2, 0.25) is 0 Å². The molecule has 0 aromatic heterocycles. The minimum atomic E-state index is -1.02. The maximum Gasteiger partial charge on any atom is 0.335 e. The fourth-order valence-corrected chi connectivity index (χ4v) is 4.37. The van der Waals surface area contributed by atoms with E-state index in [-0.39, 0.29) is 23.9 Å². The number of carboxylic acids is 1. The SMILES string of the molecule is CCOc1cc(/C=C2\SC(=Nc3ccc(C(=O)O)cc3)N(C)C2=O)ccc1OCc1cccc(F)c1. The summed E-state index contributed by atoms with van der Waals surface area (Å²) in [7, 11) is 1.63. The number of ether oxygens (including phenoxy) is 2. The highest BCUT2D eigenvalue weighted by Crippen LogP contribution is 2.35. The largest absolute Gasteiger partial charge is 0.490 e. The van der Waals surface area contributed by atoms with Crippen LogP contribution in [-0.4, -0.2) is 40.7 Å². The summed E-state index contributed by atoms with van der Waals surface area (Å²) in [6.45, 7) is 2.47. The average Bonchev–Trinajstić information content (AvgIpc) is 3.11. The number of rotatable bonds is 8. The second-order valence-electron chi connectivity index (χ2n) is 7.78. The first-order valence-corrected chi connectivity index (χ1v) is 11.9. The molecule has 1 aliphatic heterocycles. The Bertz CT molecular complexity index is 1350. The average molecular weight is 507 g/mol. The number of nitrogens with zero attached hydrogens (tertiary/aromatic N) is 2. The van der Waals surface area contributed by atoms with E-state index in [1.165, 1.54) is 40.9 Å². The first-order valence-electron chi connectivity index (χ1n) is 11.1. The van der Waals surface area contributed by atoms with Crippen LogP contribution in [-0.2, 0) is 11.4 Å². The van der Waals surface area contributed by atoms with Crippen LogP contribution in [0.2, 0.25) is 0 Å². The molecule has 7 nitrogen and oxygen atoms in total. The minimum Gasteiger partial charge on any atom is -0.490 e. The number of halogens is 1. The highest BCUT2D eigenvalue weighted by Gasteiger charge is 2.30. The van der Waals surface area contributed by atoms with Crippen molar-refractivity contribution in [1.82, 2.24) is 4.90 Å². The summed E-state index contributed by atoms with van der Waals surface area (Å²) in [5.41, 5.74) is 2.15. The third-order valence-electron chi connectivity index (χ3n) is 5.19. The summed E-state index contributed by atoms with van der Waals surface area (Å²) in [5, 5.41) is 9.52.